The Morgan fingerprint density at radius 2 is 1.25 bits per heavy atom. The molecule has 24 nitrogen and oxygen atoms in total. The zero-order valence-electron chi connectivity index (χ0n) is 13.1. The third kappa shape index (κ3) is 5.59. The van der Waals surface area contributed by atoms with Gasteiger partial charge in [-0.05, 0) is 0 Å². The Morgan fingerprint density at radius 1 is 0.750 bits per heavy atom. The molecule has 28 heavy (non-hydrogen) atoms. The number of nitrogens with two attached hydrogens (primary N) is 2. The molecule has 0 aromatic heterocycles. The van der Waals surface area contributed by atoms with Crippen LogP contribution >= 0.6 is 31.1 Å². The Labute approximate surface area is 154 Å². The molecule has 150 valence electrons. The number of rotatable bonds is 6. The molecule has 0 spiro atoms. The number of azide groups is 4. The fraction of sp³-hybridized carbons (Fsp3) is 0. The van der Waals surface area contributed by atoms with E-state index in [1.807, 2.05) is 0 Å². The summed E-state index contributed by atoms with van der Waals surface area (Å²) in [6.45, 7) is 0. The van der Waals surface area contributed by atoms with E-state index in [9.17, 15) is 0 Å². The second-order valence-corrected chi connectivity index (χ2v) is 14.6. The topological polar surface area (TPSA) is 393 Å². The van der Waals surface area contributed by atoms with Crippen molar-refractivity contribution >= 4 is 31.1 Å². The van der Waals surface area contributed by atoms with Crippen LogP contribution < -0.4 is 25.6 Å². The van der Waals surface area contributed by atoms with Gasteiger partial charge in [-0.3, -0.25) is 0 Å². The summed E-state index contributed by atoms with van der Waals surface area (Å²) in [5.74, 6) is 0. The SMILES string of the molecule is [N-]=[N+]=NP1(N)=N[PH](N=[N+]=[N-])(N=[N+]=[N-])N[PH](N)(N=[N+]=[N-])N[PH](N=[N+]=[N-])(N=[N+]=[N-])N1. The van der Waals surface area contributed by atoms with Crippen LogP contribution in [0.2, 0.25) is 0 Å². The minimum absolute atomic E-state index is 2.32. The van der Waals surface area contributed by atoms with Gasteiger partial charge in [0.2, 0.25) is 0 Å². The average molecular weight is 470 g/mol. The molecular formula is H10N24P4. The van der Waals surface area contributed by atoms with Gasteiger partial charge in [-0.15, -0.1) is 0 Å². The normalized spacial score (nSPS) is 26.9. The van der Waals surface area contributed by atoms with Gasteiger partial charge in [-0.1, -0.05) is 0 Å². The van der Waals surface area contributed by atoms with Crippen LogP contribution in [-0.4, -0.2) is 0 Å². The van der Waals surface area contributed by atoms with Crippen LogP contribution in [0.25, 0.3) is 62.7 Å². The van der Waals surface area contributed by atoms with Gasteiger partial charge in [0.1, 0.15) is 0 Å². The Hall–Kier alpha value is -2.82. The van der Waals surface area contributed by atoms with Crippen molar-refractivity contribution in [3.8, 4) is 0 Å². The van der Waals surface area contributed by atoms with E-state index in [-0.39, 0.29) is 0 Å². The molecule has 0 fully saturated rings. The maximum absolute atomic E-state index is 8.84. The van der Waals surface area contributed by atoms with E-state index in [1.54, 1.807) is 0 Å². The predicted octanol–water partition coefficient (Wildman–Crippen LogP) is 4.72. The van der Waals surface area contributed by atoms with E-state index in [4.69, 9.17) is 44.2 Å². The van der Waals surface area contributed by atoms with Gasteiger partial charge in [0.05, 0.1) is 0 Å². The first-order valence-corrected chi connectivity index (χ1v) is 13.7. The molecule has 0 bridgehead atoms. The molecule has 28 heteroatoms. The van der Waals surface area contributed by atoms with Gasteiger partial charge in [0, 0.05) is 0 Å². The fourth-order valence-corrected chi connectivity index (χ4v) is 15.4. The van der Waals surface area contributed by atoms with Crippen molar-refractivity contribution in [2.75, 3.05) is 0 Å². The monoisotopic (exact) mass is 470 g/mol. The van der Waals surface area contributed by atoms with Crippen molar-refractivity contribution in [3.05, 3.63) is 62.7 Å². The number of hydrogen-bond acceptors (Lipinski definition) is 12. The van der Waals surface area contributed by atoms with E-state index in [0.717, 1.165) is 0 Å². The molecule has 0 aromatic carbocycles. The standard InChI is InChI=1S/H10N24P4/c1-9-15-25(7)21-27(17-11-3,18-12-4)23-26(8,16-10-2)24-28(22-25,19-13-5)20-14-6/h21-23,25,27-28H,7-8H2. The molecule has 0 saturated heterocycles. The Kier molecular flexibility index (Phi) is 7.79. The van der Waals surface area contributed by atoms with E-state index in [1.165, 1.54) is 0 Å². The summed E-state index contributed by atoms with van der Waals surface area (Å²) in [6.07, 6.45) is 0. The first-order chi connectivity index (χ1) is 13.2. The molecule has 1 aliphatic heterocycles. The molecule has 1 heterocycles. The summed E-state index contributed by atoms with van der Waals surface area (Å²) in [5.41, 5.74) is 64.8. The third-order valence-corrected chi connectivity index (χ3v) is 15.4. The molecular weight excluding hydrogens is 460 g/mol. The molecule has 0 saturated carbocycles. The summed E-state index contributed by atoms with van der Waals surface area (Å²) in [4.78, 5) is 41.9. The minimum atomic E-state index is -4.47. The second-order valence-electron chi connectivity index (χ2n) is 4.31. The quantitative estimate of drug-likeness (QED) is 0.158. The Bertz CT molecular complexity index is 936. The summed E-state index contributed by atoms with van der Waals surface area (Å²) in [7, 11) is -17.1. The van der Waals surface area contributed by atoms with Crippen LogP contribution in [0.4, 0.5) is 0 Å². The molecule has 0 aromatic rings. The van der Waals surface area contributed by atoms with E-state index in [2.05, 4.69) is 77.9 Å². The van der Waals surface area contributed by atoms with E-state index in [0.29, 0.717) is 0 Å². The summed E-state index contributed by atoms with van der Waals surface area (Å²) in [5, 5.41) is 0. The fourth-order valence-electron chi connectivity index (χ4n) is 1.78. The zero-order valence-corrected chi connectivity index (χ0v) is 17.0. The number of nitrogens with zero attached hydrogens (tertiary/aromatic N) is 19. The Balaban J connectivity index is 4.10. The maximum atomic E-state index is 8.84. The molecule has 1 rings (SSSR count). The molecule has 1 aliphatic rings. The second kappa shape index (κ2) is 9.40. The summed E-state index contributed by atoms with van der Waals surface area (Å²) >= 11 is 0. The van der Waals surface area contributed by atoms with Crippen molar-refractivity contribution < 1.29 is 0 Å². The summed E-state index contributed by atoms with van der Waals surface area (Å²) in [6, 6.07) is 0. The van der Waals surface area contributed by atoms with Crippen LogP contribution in [0.3, 0.4) is 0 Å². The van der Waals surface area contributed by atoms with Crippen LogP contribution in [0.5, 0.6) is 0 Å². The van der Waals surface area contributed by atoms with E-state index >= 15 is 0 Å². The first-order valence-electron chi connectivity index (χ1n) is 6.16. The van der Waals surface area contributed by atoms with Gasteiger partial charge in [0.25, 0.3) is 0 Å². The number of hydrogen-bond donors (Lipinski definition) is 5. The van der Waals surface area contributed by atoms with Gasteiger partial charge in [-0.25, -0.2) is 0 Å². The van der Waals surface area contributed by atoms with Crippen LogP contribution in [-0.2, 0) is 0 Å². The van der Waals surface area contributed by atoms with Gasteiger partial charge >= 0.3 is 153 Å². The van der Waals surface area contributed by atoms with Crippen LogP contribution in [0.15, 0.2) is 33.8 Å². The molecule has 1 atom stereocenters. The predicted molar refractivity (Wildman–Crippen MR) is 107 cm³/mol. The van der Waals surface area contributed by atoms with Crippen molar-refractivity contribution in [2.24, 2.45) is 44.8 Å². The Morgan fingerprint density at radius 3 is 1.68 bits per heavy atom. The van der Waals surface area contributed by atoms with Crippen molar-refractivity contribution in [1.82, 2.24) is 14.6 Å². The zero-order chi connectivity index (χ0) is 21.3. The van der Waals surface area contributed by atoms with Crippen molar-refractivity contribution in [3.63, 3.8) is 0 Å². The third-order valence-electron chi connectivity index (χ3n) is 2.46. The van der Waals surface area contributed by atoms with Crippen molar-refractivity contribution in [1.29, 1.82) is 0 Å². The average Bonchev–Trinajstić information content (AvgIpc) is 2.54. The van der Waals surface area contributed by atoms with Gasteiger partial charge in [0.15, 0.2) is 0 Å². The van der Waals surface area contributed by atoms with E-state index < -0.39 is 31.1 Å². The molecule has 7 N–H and O–H groups in total. The van der Waals surface area contributed by atoms with Crippen LogP contribution in [0, 0.1) is 0 Å². The van der Waals surface area contributed by atoms with Crippen molar-refractivity contribution in [2.45, 2.75) is 0 Å². The van der Waals surface area contributed by atoms with Gasteiger partial charge in [-0.2, -0.15) is 0 Å². The molecule has 0 amide bonds. The van der Waals surface area contributed by atoms with Crippen LogP contribution in [0.1, 0.15) is 0 Å². The molecule has 0 radical (unpaired) electrons. The molecule has 0 aliphatic carbocycles. The van der Waals surface area contributed by atoms with Gasteiger partial charge < -0.3 is 0 Å². The molecule has 1 unspecified atom stereocenters. The first kappa shape index (κ1) is 23.2. The summed E-state index contributed by atoms with van der Waals surface area (Å²) < 4.78 is 3.85. The number of nitrogens with one attached hydrogen (secondary N) is 3.